The third-order valence-electron chi connectivity index (χ3n) is 5.42. The second kappa shape index (κ2) is 11.5. The first-order valence-electron chi connectivity index (χ1n) is 11.2. The molecule has 1 aromatic heterocycles. The van der Waals surface area contributed by atoms with Crippen LogP contribution in [0.1, 0.15) is 28.9 Å². The molecule has 3 aromatic carbocycles. The van der Waals surface area contributed by atoms with E-state index in [4.69, 9.17) is 4.74 Å². The van der Waals surface area contributed by atoms with Crippen LogP contribution in [0.2, 0.25) is 0 Å². The van der Waals surface area contributed by atoms with E-state index in [0.717, 1.165) is 33.5 Å². The highest BCUT2D eigenvalue weighted by molar-refractivity contribution is 7.98. The second-order valence-electron chi connectivity index (χ2n) is 7.97. The molecule has 0 saturated heterocycles. The summed E-state index contributed by atoms with van der Waals surface area (Å²) >= 11 is 1.60. The standard InChI is InChI=1S/C27H28N4O2S/c1-20-11-14-23(15-12-20)31-25(18-28-26(32)16-13-21-7-4-3-5-8-21)29-30-27(31)34-19-22-9-6-10-24(17-22)33-2/h3-12,14-15,17H,13,16,18-19H2,1-2H3,(H,28,32). The van der Waals surface area contributed by atoms with E-state index in [1.54, 1.807) is 18.9 Å². The Labute approximate surface area is 204 Å². The normalized spacial score (nSPS) is 10.8. The number of carbonyl (C=O) groups is 1. The zero-order valence-corrected chi connectivity index (χ0v) is 20.2. The van der Waals surface area contributed by atoms with Crippen molar-refractivity contribution in [2.45, 2.75) is 37.2 Å². The molecule has 7 heteroatoms. The van der Waals surface area contributed by atoms with Crippen LogP contribution in [0.4, 0.5) is 0 Å². The number of methoxy groups -OCH3 is 1. The van der Waals surface area contributed by atoms with Crippen molar-refractivity contribution in [2.75, 3.05) is 7.11 Å². The van der Waals surface area contributed by atoms with Crippen molar-refractivity contribution in [1.29, 1.82) is 0 Å². The number of hydrogen-bond acceptors (Lipinski definition) is 5. The molecule has 0 radical (unpaired) electrons. The minimum Gasteiger partial charge on any atom is -0.497 e. The van der Waals surface area contributed by atoms with Gasteiger partial charge in [0, 0.05) is 17.9 Å². The Bertz CT molecular complexity index is 1220. The lowest BCUT2D eigenvalue weighted by atomic mass is 10.1. The molecule has 0 fully saturated rings. The van der Waals surface area contributed by atoms with Crippen LogP contribution in [0, 0.1) is 6.92 Å². The molecule has 4 aromatic rings. The zero-order valence-electron chi connectivity index (χ0n) is 19.4. The predicted octanol–water partition coefficient (Wildman–Crippen LogP) is 5.13. The van der Waals surface area contributed by atoms with E-state index < -0.39 is 0 Å². The number of aryl methyl sites for hydroxylation is 2. The fourth-order valence-electron chi connectivity index (χ4n) is 3.54. The van der Waals surface area contributed by atoms with Gasteiger partial charge in [0.25, 0.3) is 0 Å². The Morgan fingerprint density at radius 1 is 0.971 bits per heavy atom. The average molecular weight is 473 g/mol. The number of benzene rings is 3. The topological polar surface area (TPSA) is 69.0 Å². The van der Waals surface area contributed by atoms with Crippen molar-refractivity contribution in [3.05, 3.63) is 101 Å². The molecule has 1 heterocycles. The molecule has 34 heavy (non-hydrogen) atoms. The molecule has 0 bridgehead atoms. The van der Waals surface area contributed by atoms with E-state index >= 15 is 0 Å². The van der Waals surface area contributed by atoms with Crippen molar-refractivity contribution >= 4 is 17.7 Å². The fourth-order valence-corrected chi connectivity index (χ4v) is 4.45. The van der Waals surface area contributed by atoms with Gasteiger partial charge in [-0.25, -0.2) is 0 Å². The number of aromatic nitrogens is 3. The Balaban J connectivity index is 1.47. The Hall–Kier alpha value is -3.58. The average Bonchev–Trinajstić information content (AvgIpc) is 3.29. The molecule has 6 nitrogen and oxygen atoms in total. The molecule has 0 aliphatic rings. The van der Waals surface area contributed by atoms with Gasteiger partial charge in [-0.2, -0.15) is 0 Å². The van der Waals surface area contributed by atoms with Gasteiger partial charge in [-0.15, -0.1) is 10.2 Å². The van der Waals surface area contributed by atoms with Crippen molar-refractivity contribution in [3.63, 3.8) is 0 Å². The molecule has 0 atom stereocenters. The van der Waals surface area contributed by atoms with E-state index in [2.05, 4.69) is 52.8 Å². The van der Waals surface area contributed by atoms with E-state index in [9.17, 15) is 4.79 Å². The molecular formula is C27H28N4O2S. The Morgan fingerprint density at radius 3 is 2.50 bits per heavy atom. The quantitative estimate of drug-likeness (QED) is 0.324. The largest absolute Gasteiger partial charge is 0.497 e. The summed E-state index contributed by atoms with van der Waals surface area (Å²) in [5.74, 6) is 2.25. The Kier molecular flexibility index (Phi) is 7.99. The van der Waals surface area contributed by atoms with Gasteiger partial charge in [0.05, 0.1) is 13.7 Å². The van der Waals surface area contributed by atoms with Crippen LogP contribution in [0.3, 0.4) is 0 Å². The highest BCUT2D eigenvalue weighted by Gasteiger charge is 2.16. The summed E-state index contributed by atoms with van der Waals surface area (Å²) in [5, 5.41) is 12.6. The molecule has 4 rings (SSSR count). The van der Waals surface area contributed by atoms with Gasteiger partial charge in [0.15, 0.2) is 11.0 Å². The summed E-state index contributed by atoms with van der Waals surface area (Å²) in [6, 6.07) is 26.3. The number of rotatable bonds is 10. The van der Waals surface area contributed by atoms with Gasteiger partial charge < -0.3 is 10.1 Å². The van der Waals surface area contributed by atoms with Crippen LogP contribution >= 0.6 is 11.8 Å². The van der Waals surface area contributed by atoms with Crippen LogP contribution in [0.5, 0.6) is 5.75 Å². The third kappa shape index (κ3) is 6.26. The van der Waals surface area contributed by atoms with E-state index in [1.807, 2.05) is 53.1 Å². The molecule has 0 aliphatic heterocycles. The van der Waals surface area contributed by atoms with Gasteiger partial charge in [-0.05, 0) is 48.7 Å². The van der Waals surface area contributed by atoms with Crippen molar-refractivity contribution in [1.82, 2.24) is 20.1 Å². The number of thioether (sulfide) groups is 1. The number of nitrogens with one attached hydrogen (secondary N) is 1. The highest BCUT2D eigenvalue weighted by Crippen LogP contribution is 2.27. The number of amides is 1. The maximum Gasteiger partial charge on any atom is 0.220 e. The fraction of sp³-hybridized carbons (Fsp3) is 0.222. The summed E-state index contributed by atoms with van der Waals surface area (Å²) in [7, 11) is 1.67. The molecule has 0 aliphatic carbocycles. The number of hydrogen-bond donors (Lipinski definition) is 1. The summed E-state index contributed by atoms with van der Waals surface area (Å²) in [4.78, 5) is 12.5. The molecule has 1 amide bonds. The maximum absolute atomic E-state index is 12.5. The third-order valence-corrected chi connectivity index (χ3v) is 6.42. The van der Waals surface area contributed by atoms with E-state index in [-0.39, 0.29) is 5.91 Å². The van der Waals surface area contributed by atoms with Crippen molar-refractivity contribution < 1.29 is 9.53 Å². The number of nitrogens with zero attached hydrogens (tertiary/aromatic N) is 3. The lowest BCUT2D eigenvalue weighted by Gasteiger charge is -2.12. The highest BCUT2D eigenvalue weighted by atomic mass is 32.2. The molecular weight excluding hydrogens is 444 g/mol. The minimum atomic E-state index is -0.00658. The molecule has 1 N–H and O–H groups in total. The zero-order chi connectivity index (χ0) is 23.8. The first-order valence-corrected chi connectivity index (χ1v) is 12.2. The maximum atomic E-state index is 12.5. The second-order valence-corrected chi connectivity index (χ2v) is 8.91. The summed E-state index contributed by atoms with van der Waals surface area (Å²) in [5.41, 5.74) is 4.44. The van der Waals surface area contributed by atoms with Crippen LogP contribution in [0.25, 0.3) is 5.69 Å². The Morgan fingerprint density at radius 2 is 1.74 bits per heavy atom. The lowest BCUT2D eigenvalue weighted by Crippen LogP contribution is -2.24. The predicted molar refractivity (Wildman–Crippen MR) is 135 cm³/mol. The van der Waals surface area contributed by atoms with Gasteiger partial charge in [0.1, 0.15) is 5.75 Å². The summed E-state index contributed by atoms with van der Waals surface area (Å²) in [6.07, 6.45) is 1.14. The first kappa shape index (κ1) is 23.6. The van der Waals surface area contributed by atoms with Crippen LogP contribution < -0.4 is 10.1 Å². The molecule has 0 unspecified atom stereocenters. The van der Waals surface area contributed by atoms with Gasteiger partial charge in [-0.3, -0.25) is 9.36 Å². The van der Waals surface area contributed by atoms with Gasteiger partial charge >= 0.3 is 0 Å². The molecule has 0 spiro atoms. The molecule has 174 valence electrons. The van der Waals surface area contributed by atoms with Crippen LogP contribution in [0.15, 0.2) is 84.0 Å². The summed E-state index contributed by atoms with van der Waals surface area (Å²) in [6.45, 7) is 2.37. The van der Waals surface area contributed by atoms with Crippen LogP contribution in [-0.2, 0) is 23.5 Å². The molecule has 0 saturated carbocycles. The van der Waals surface area contributed by atoms with E-state index in [1.165, 1.54) is 5.56 Å². The van der Waals surface area contributed by atoms with Gasteiger partial charge in [-0.1, -0.05) is 71.9 Å². The van der Waals surface area contributed by atoms with Crippen molar-refractivity contribution in [2.24, 2.45) is 0 Å². The SMILES string of the molecule is COc1cccc(CSc2nnc(CNC(=O)CCc3ccccc3)n2-c2ccc(C)cc2)c1. The number of carbonyl (C=O) groups excluding carboxylic acids is 1. The number of ether oxygens (including phenoxy) is 1. The minimum absolute atomic E-state index is 0.00658. The smallest absolute Gasteiger partial charge is 0.220 e. The van der Waals surface area contributed by atoms with Crippen LogP contribution in [-0.4, -0.2) is 27.8 Å². The monoisotopic (exact) mass is 472 g/mol. The van der Waals surface area contributed by atoms with E-state index in [0.29, 0.717) is 25.2 Å². The van der Waals surface area contributed by atoms with Crippen molar-refractivity contribution in [3.8, 4) is 11.4 Å². The lowest BCUT2D eigenvalue weighted by molar-refractivity contribution is -0.121. The summed E-state index contributed by atoms with van der Waals surface area (Å²) < 4.78 is 7.35. The van der Waals surface area contributed by atoms with Gasteiger partial charge in [0.2, 0.25) is 5.91 Å². The first-order chi connectivity index (χ1) is 16.6.